The molecule has 1 aromatic heterocycles. The summed E-state index contributed by atoms with van der Waals surface area (Å²) < 4.78 is 1.72. The maximum atomic E-state index is 11.9. The Morgan fingerprint density at radius 3 is 2.56 bits per heavy atom. The Bertz CT molecular complexity index is 528. The van der Waals surface area contributed by atoms with Crippen molar-refractivity contribution in [3.8, 4) is 0 Å². The van der Waals surface area contributed by atoms with Crippen molar-refractivity contribution in [1.29, 1.82) is 0 Å². The Morgan fingerprint density at radius 1 is 1.28 bits per heavy atom. The SMILES string of the molecule is CCc1ccc(C(=O)NCc2ccn(C)n2)cc1. The van der Waals surface area contributed by atoms with Gasteiger partial charge in [0.25, 0.3) is 5.91 Å². The molecule has 1 aromatic carbocycles. The van der Waals surface area contributed by atoms with Crippen LogP contribution < -0.4 is 5.32 Å². The number of carbonyl (C=O) groups excluding carboxylic acids is 1. The Kier molecular flexibility index (Phi) is 3.77. The Hall–Kier alpha value is -2.10. The summed E-state index contributed by atoms with van der Waals surface area (Å²) in [4.78, 5) is 11.9. The average molecular weight is 243 g/mol. The molecular weight excluding hydrogens is 226 g/mol. The number of nitrogens with zero attached hydrogens (tertiary/aromatic N) is 2. The molecule has 1 amide bonds. The molecule has 0 fully saturated rings. The number of rotatable bonds is 4. The van der Waals surface area contributed by atoms with Crippen molar-refractivity contribution in [2.45, 2.75) is 19.9 Å². The van der Waals surface area contributed by atoms with E-state index in [4.69, 9.17) is 0 Å². The predicted molar refractivity (Wildman–Crippen MR) is 70.2 cm³/mol. The van der Waals surface area contributed by atoms with Gasteiger partial charge in [0.1, 0.15) is 0 Å². The standard InChI is InChI=1S/C14H17N3O/c1-3-11-4-6-12(7-5-11)14(18)15-10-13-8-9-17(2)16-13/h4-9H,3,10H2,1-2H3,(H,15,18). The zero-order chi connectivity index (χ0) is 13.0. The topological polar surface area (TPSA) is 46.9 Å². The third-order valence-corrected chi connectivity index (χ3v) is 2.82. The Morgan fingerprint density at radius 2 is 2.00 bits per heavy atom. The largest absolute Gasteiger partial charge is 0.346 e. The third-order valence-electron chi connectivity index (χ3n) is 2.82. The number of benzene rings is 1. The molecule has 18 heavy (non-hydrogen) atoms. The van der Waals surface area contributed by atoms with E-state index in [0.29, 0.717) is 12.1 Å². The van der Waals surface area contributed by atoms with E-state index in [-0.39, 0.29) is 5.91 Å². The fourth-order valence-electron chi connectivity index (χ4n) is 1.72. The molecule has 2 rings (SSSR count). The summed E-state index contributed by atoms with van der Waals surface area (Å²) in [5.41, 5.74) is 2.77. The lowest BCUT2D eigenvalue weighted by molar-refractivity contribution is 0.0950. The number of aryl methyl sites for hydroxylation is 2. The van der Waals surface area contributed by atoms with Crippen LogP contribution in [0.2, 0.25) is 0 Å². The van der Waals surface area contributed by atoms with Gasteiger partial charge < -0.3 is 5.32 Å². The fourth-order valence-corrected chi connectivity index (χ4v) is 1.72. The summed E-state index contributed by atoms with van der Waals surface area (Å²) >= 11 is 0. The van der Waals surface area contributed by atoms with Crippen LogP contribution >= 0.6 is 0 Å². The van der Waals surface area contributed by atoms with Crippen molar-refractivity contribution in [3.63, 3.8) is 0 Å². The first-order valence-electron chi connectivity index (χ1n) is 6.04. The average Bonchev–Trinajstić information content (AvgIpc) is 2.82. The highest BCUT2D eigenvalue weighted by Gasteiger charge is 2.05. The van der Waals surface area contributed by atoms with E-state index < -0.39 is 0 Å². The maximum absolute atomic E-state index is 11.9. The van der Waals surface area contributed by atoms with E-state index in [1.165, 1.54) is 5.56 Å². The monoisotopic (exact) mass is 243 g/mol. The highest BCUT2D eigenvalue weighted by atomic mass is 16.1. The second-order valence-corrected chi connectivity index (χ2v) is 4.21. The van der Waals surface area contributed by atoms with E-state index >= 15 is 0 Å². The summed E-state index contributed by atoms with van der Waals surface area (Å²) in [6.07, 6.45) is 2.84. The normalized spacial score (nSPS) is 10.3. The van der Waals surface area contributed by atoms with Crippen LogP contribution in [0.15, 0.2) is 36.5 Å². The molecule has 4 nitrogen and oxygen atoms in total. The van der Waals surface area contributed by atoms with Crippen LogP contribution in [0, 0.1) is 0 Å². The summed E-state index contributed by atoms with van der Waals surface area (Å²) in [6, 6.07) is 9.56. The zero-order valence-electron chi connectivity index (χ0n) is 10.7. The first-order chi connectivity index (χ1) is 8.69. The lowest BCUT2D eigenvalue weighted by Gasteiger charge is -2.04. The van der Waals surface area contributed by atoms with Gasteiger partial charge in [-0.15, -0.1) is 0 Å². The van der Waals surface area contributed by atoms with Gasteiger partial charge in [-0.05, 0) is 30.2 Å². The van der Waals surface area contributed by atoms with Crippen LogP contribution in [-0.2, 0) is 20.0 Å². The van der Waals surface area contributed by atoms with Crippen molar-refractivity contribution in [1.82, 2.24) is 15.1 Å². The lowest BCUT2D eigenvalue weighted by Crippen LogP contribution is -2.23. The number of aromatic nitrogens is 2. The lowest BCUT2D eigenvalue weighted by atomic mass is 10.1. The Balaban J connectivity index is 1.94. The molecule has 1 heterocycles. The maximum Gasteiger partial charge on any atom is 0.251 e. The van der Waals surface area contributed by atoms with Gasteiger partial charge in [-0.3, -0.25) is 9.48 Å². The molecule has 2 aromatic rings. The van der Waals surface area contributed by atoms with Crippen molar-refractivity contribution in [3.05, 3.63) is 53.3 Å². The van der Waals surface area contributed by atoms with Gasteiger partial charge in [0, 0.05) is 18.8 Å². The van der Waals surface area contributed by atoms with Crippen molar-refractivity contribution in [2.75, 3.05) is 0 Å². The van der Waals surface area contributed by atoms with Gasteiger partial charge in [-0.25, -0.2) is 0 Å². The summed E-state index contributed by atoms with van der Waals surface area (Å²) in [7, 11) is 1.86. The summed E-state index contributed by atoms with van der Waals surface area (Å²) in [6.45, 7) is 2.55. The second-order valence-electron chi connectivity index (χ2n) is 4.21. The highest BCUT2D eigenvalue weighted by molar-refractivity contribution is 5.94. The molecular formula is C14H17N3O. The fraction of sp³-hybridized carbons (Fsp3) is 0.286. The van der Waals surface area contributed by atoms with E-state index in [0.717, 1.165) is 12.1 Å². The molecule has 0 spiro atoms. The van der Waals surface area contributed by atoms with Crippen molar-refractivity contribution >= 4 is 5.91 Å². The van der Waals surface area contributed by atoms with Crippen molar-refractivity contribution in [2.24, 2.45) is 7.05 Å². The number of nitrogens with one attached hydrogen (secondary N) is 1. The van der Waals surface area contributed by atoms with E-state index in [1.807, 2.05) is 43.6 Å². The van der Waals surface area contributed by atoms with Gasteiger partial charge in [0.15, 0.2) is 0 Å². The molecule has 0 saturated heterocycles. The number of hydrogen-bond donors (Lipinski definition) is 1. The summed E-state index contributed by atoms with van der Waals surface area (Å²) in [5.74, 6) is -0.0664. The molecule has 94 valence electrons. The predicted octanol–water partition coefficient (Wildman–Crippen LogP) is 1.91. The number of carbonyl (C=O) groups is 1. The second kappa shape index (κ2) is 5.49. The zero-order valence-corrected chi connectivity index (χ0v) is 10.7. The quantitative estimate of drug-likeness (QED) is 0.891. The highest BCUT2D eigenvalue weighted by Crippen LogP contribution is 2.05. The van der Waals surface area contributed by atoms with Crippen LogP contribution in [0.5, 0.6) is 0 Å². The molecule has 0 unspecified atom stereocenters. The van der Waals surface area contributed by atoms with Gasteiger partial charge in [0.05, 0.1) is 12.2 Å². The minimum absolute atomic E-state index is 0.0664. The van der Waals surface area contributed by atoms with Crippen LogP contribution in [0.25, 0.3) is 0 Å². The number of hydrogen-bond acceptors (Lipinski definition) is 2. The molecule has 4 heteroatoms. The molecule has 0 radical (unpaired) electrons. The van der Waals surface area contributed by atoms with E-state index in [1.54, 1.807) is 4.68 Å². The van der Waals surface area contributed by atoms with Gasteiger partial charge >= 0.3 is 0 Å². The third kappa shape index (κ3) is 2.97. The van der Waals surface area contributed by atoms with Gasteiger partial charge in [0.2, 0.25) is 0 Å². The number of amides is 1. The van der Waals surface area contributed by atoms with Crippen LogP contribution in [0.4, 0.5) is 0 Å². The Labute approximate surface area is 107 Å². The molecule has 0 bridgehead atoms. The molecule has 1 N–H and O–H groups in total. The van der Waals surface area contributed by atoms with E-state index in [9.17, 15) is 4.79 Å². The van der Waals surface area contributed by atoms with E-state index in [2.05, 4.69) is 17.3 Å². The molecule has 0 aliphatic heterocycles. The van der Waals surface area contributed by atoms with Gasteiger partial charge in [-0.1, -0.05) is 19.1 Å². The van der Waals surface area contributed by atoms with Crippen molar-refractivity contribution < 1.29 is 4.79 Å². The smallest absolute Gasteiger partial charge is 0.251 e. The molecule has 0 aliphatic rings. The summed E-state index contributed by atoms with van der Waals surface area (Å²) in [5, 5.41) is 7.06. The minimum atomic E-state index is -0.0664. The first-order valence-corrected chi connectivity index (χ1v) is 6.04. The molecule has 0 saturated carbocycles. The first kappa shape index (κ1) is 12.4. The van der Waals surface area contributed by atoms with Crippen LogP contribution in [0.1, 0.15) is 28.5 Å². The molecule has 0 atom stereocenters. The van der Waals surface area contributed by atoms with Crippen LogP contribution in [0.3, 0.4) is 0 Å². The molecule has 0 aliphatic carbocycles. The van der Waals surface area contributed by atoms with Gasteiger partial charge in [-0.2, -0.15) is 5.10 Å². The van der Waals surface area contributed by atoms with Crippen LogP contribution in [-0.4, -0.2) is 15.7 Å². The minimum Gasteiger partial charge on any atom is -0.346 e.